The fourth-order valence-electron chi connectivity index (χ4n) is 2.90. The lowest BCUT2D eigenvalue weighted by Crippen LogP contribution is -2.25. The van der Waals surface area contributed by atoms with E-state index in [1.165, 1.54) is 9.36 Å². The minimum Gasteiger partial charge on any atom is -0.244 e. The van der Waals surface area contributed by atoms with Gasteiger partial charge < -0.3 is 0 Å². The molecule has 0 radical (unpaired) electrons. The van der Waals surface area contributed by atoms with E-state index in [-0.39, 0.29) is 12.2 Å². The van der Waals surface area contributed by atoms with Gasteiger partial charge in [0.1, 0.15) is 6.07 Å². The number of hydrogen-bond acceptors (Lipinski definition) is 5. The zero-order valence-electron chi connectivity index (χ0n) is 14.5. The minimum atomic E-state index is -0.386. The monoisotopic (exact) mass is 357 g/mol. The Morgan fingerprint density at radius 1 is 0.926 bits per heavy atom. The molecule has 0 spiro atoms. The van der Waals surface area contributed by atoms with Gasteiger partial charge in [-0.3, -0.25) is 0 Å². The Morgan fingerprint density at radius 2 is 1.52 bits per heavy atom. The maximum atomic E-state index is 12.7. The molecule has 0 saturated heterocycles. The molecule has 0 atom stereocenters. The van der Waals surface area contributed by atoms with Crippen molar-refractivity contribution in [3.05, 3.63) is 88.1 Å². The number of nitrogens with zero attached hydrogens (tertiary/aromatic N) is 7. The van der Waals surface area contributed by atoms with Crippen LogP contribution in [0.1, 0.15) is 17.0 Å². The summed E-state index contributed by atoms with van der Waals surface area (Å²) in [5, 5.41) is 21.9. The molecule has 2 aromatic carbocycles. The number of benzene rings is 2. The van der Waals surface area contributed by atoms with Crippen molar-refractivity contribution in [1.29, 1.82) is 5.26 Å². The van der Waals surface area contributed by atoms with Crippen LogP contribution in [0.25, 0.3) is 11.4 Å². The normalized spacial score (nSPS) is 10.7. The number of aryl methyl sites for hydroxylation is 1. The highest BCUT2D eigenvalue weighted by atomic mass is 16.2. The molecular weight excluding hydrogens is 342 g/mol. The first-order valence-electron chi connectivity index (χ1n) is 8.31. The molecule has 2 aromatic heterocycles. The lowest BCUT2D eigenvalue weighted by molar-refractivity contribution is 0.604. The summed E-state index contributed by atoms with van der Waals surface area (Å²) in [6, 6.07) is 20.7. The zero-order chi connectivity index (χ0) is 18.8. The second-order valence-corrected chi connectivity index (χ2v) is 5.93. The van der Waals surface area contributed by atoms with Crippen molar-refractivity contribution in [2.75, 3.05) is 0 Å². The molecule has 0 saturated carbocycles. The van der Waals surface area contributed by atoms with Gasteiger partial charge in [-0.1, -0.05) is 36.4 Å². The topological polar surface area (TPSA) is 94.3 Å². The van der Waals surface area contributed by atoms with Crippen molar-refractivity contribution in [2.24, 2.45) is 0 Å². The fraction of sp³-hybridized carbons (Fsp3) is 0.105. The molecule has 27 heavy (non-hydrogen) atoms. The number of aromatic nitrogens is 6. The standard InChI is InChI=1S/C19H15N7O/c1-14-17(12-20)18(25(21-14)15-8-4-2-5-9-15)13-24-19(27)26(23-22-24)16-10-6-3-7-11-16/h2-11H,13H2,1H3. The molecule has 2 heterocycles. The molecular formula is C19H15N7O. The number of para-hydroxylation sites is 2. The van der Waals surface area contributed by atoms with E-state index in [1.54, 1.807) is 23.7 Å². The molecule has 4 aromatic rings. The molecule has 0 aliphatic carbocycles. The highest BCUT2D eigenvalue weighted by Gasteiger charge is 2.19. The van der Waals surface area contributed by atoms with Crippen LogP contribution in [0.15, 0.2) is 65.5 Å². The van der Waals surface area contributed by atoms with E-state index in [9.17, 15) is 10.1 Å². The van der Waals surface area contributed by atoms with Crippen LogP contribution in [0.2, 0.25) is 0 Å². The SMILES string of the molecule is Cc1nn(-c2ccccc2)c(Cn2nnn(-c3ccccc3)c2=O)c1C#N. The third-order valence-corrected chi connectivity index (χ3v) is 4.21. The van der Waals surface area contributed by atoms with Crippen LogP contribution in [-0.4, -0.2) is 29.6 Å². The summed E-state index contributed by atoms with van der Waals surface area (Å²) in [6.45, 7) is 1.86. The summed E-state index contributed by atoms with van der Waals surface area (Å²) in [5.74, 6) is 0. The molecule has 8 nitrogen and oxygen atoms in total. The summed E-state index contributed by atoms with van der Waals surface area (Å²) in [5.41, 5.74) is 2.66. The van der Waals surface area contributed by atoms with Crippen molar-refractivity contribution in [3.63, 3.8) is 0 Å². The van der Waals surface area contributed by atoms with E-state index in [1.807, 2.05) is 48.5 Å². The van der Waals surface area contributed by atoms with Gasteiger partial charge in [-0.05, 0) is 41.6 Å². The number of rotatable bonds is 4. The largest absolute Gasteiger partial charge is 0.368 e. The van der Waals surface area contributed by atoms with Gasteiger partial charge in [0.15, 0.2) is 0 Å². The number of nitriles is 1. The molecule has 4 rings (SSSR count). The van der Waals surface area contributed by atoms with Crippen LogP contribution < -0.4 is 5.69 Å². The summed E-state index contributed by atoms with van der Waals surface area (Å²) in [6.07, 6.45) is 0. The van der Waals surface area contributed by atoms with Crippen molar-refractivity contribution >= 4 is 0 Å². The van der Waals surface area contributed by atoms with Gasteiger partial charge in [-0.2, -0.15) is 19.7 Å². The molecule has 132 valence electrons. The molecule has 0 amide bonds. The second kappa shape index (κ2) is 6.72. The lowest BCUT2D eigenvalue weighted by atomic mass is 10.2. The van der Waals surface area contributed by atoms with Gasteiger partial charge >= 0.3 is 5.69 Å². The predicted molar refractivity (Wildman–Crippen MR) is 97.7 cm³/mol. The average Bonchev–Trinajstić information content (AvgIpc) is 3.23. The first-order valence-corrected chi connectivity index (χ1v) is 8.31. The van der Waals surface area contributed by atoms with Gasteiger partial charge in [-0.15, -0.1) is 0 Å². The molecule has 0 N–H and O–H groups in total. The smallest absolute Gasteiger partial charge is 0.244 e. The van der Waals surface area contributed by atoms with E-state index >= 15 is 0 Å². The van der Waals surface area contributed by atoms with Crippen LogP contribution in [-0.2, 0) is 6.54 Å². The number of tetrazole rings is 1. The maximum Gasteiger partial charge on any atom is 0.368 e. The Morgan fingerprint density at radius 3 is 2.11 bits per heavy atom. The van der Waals surface area contributed by atoms with Crippen molar-refractivity contribution < 1.29 is 0 Å². The summed E-state index contributed by atoms with van der Waals surface area (Å²) >= 11 is 0. The van der Waals surface area contributed by atoms with Crippen LogP contribution >= 0.6 is 0 Å². The van der Waals surface area contributed by atoms with Crippen molar-refractivity contribution in [1.82, 2.24) is 29.6 Å². The quantitative estimate of drug-likeness (QED) is 0.555. The average molecular weight is 357 g/mol. The minimum absolute atomic E-state index is 0.0876. The maximum absolute atomic E-state index is 12.7. The fourth-order valence-corrected chi connectivity index (χ4v) is 2.90. The van der Waals surface area contributed by atoms with E-state index in [0.29, 0.717) is 22.6 Å². The van der Waals surface area contributed by atoms with Gasteiger partial charge in [0.05, 0.1) is 34.9 Å². The predicted octanol–water partition coefficient (Wildman–Crippen LogP) is 1.84. The molecule has 0 aliphatic rings. The third-order valence-electron chi connectivity index (χ3n) is 4.21. The van der Waals surface area contributed by atoms with Gasteiger partial charge in [-0.25, -0.2) is 9.48 Å². The van der Waals surface area contributed by atoms with E-state index < -0.39 is 0 Å². The highest BCUT2D eigenvalue weighted by molar-refractivity contribution is 5.43. The molecule has 0 fully saturated rings. The Kier molecular flexibility index (Phi) is 4.10. The number of hydrogen-bond donors (Lipinski definition) is 0. The first-order chi connectivity index (χ1) is 13.2. The van der Waals surface area contributed by atoms with Crippen LogP contribution in [0.4, 0.5) is 0 Å². The Hall–Kier alpha value is -3.99. The van der Waals surface area contributed by atoms with Crippen molar-refractivity contribution in [2.45, 2.75) is 13.5 Å². The van der Waals surface area contributed by atoms with Crippen molar-refractivity contribution in [3.8, 4) is 17.4 Å². The third kappa shape index (κ3) is 2.91. The molecule has 0 aliphatic heterocycles. The van der Waals surface area contributed by atoms with Gasteiger partial charge in [0.2, 0.25) is 0 Å². The molecule has 0 bridgehead atoms. The Bertz CT molecular complexity index is 1180. The molecule has 0 unspecified atom stereocenters. The summed E-state index contributed by atoms with van der Waals surface area (Å²) < 4.78 is 4.12. The van der Waals surface area contributed by atoms with Crippen LogP contribution in [0.5, 0.6) is 0 Å². The Balaban J connectivity index is 1.79. The van der Waals surface area contributed by atoms with E-state index in [2.05, 4.69) is 21.6 Å². The first kappa shape index (κ1) is 16.5. The van der Waals surface area contributed by atoms with Gasteiger partial charge in [0, 0.05) is 0 Å². The van der Waals surface area contributed by atoms with Crippen LogP contribution in [0, 0.1) is 18.3 Å². The van der Waals surface area contributed by atoms with Gasteiger partial charge in [0.25, 0.3) is 0 Å². The van der Waals surface area contributed by atoms with E-state index in [4.69, 9.17) is 0 Å². The summed E-state index contributed by atoms with van der Waals surface area (Å²) in [7, 11) is 0. The molecule has 8 heteroatoms. The Labute approximate surface area is 154 Å². The zero-order valence-corrected chi connectivity index (χ0v) is 14.5. The summed E-state index contributed by atoms with van der Waals surface area (Å²) in [4.78, 5) is 12.7. The second-order valence-electron chi connectivity index (χ2n) is 5.93. The van der Waals surface area contributed by atoms with E-state index in [0.717, 1.165) is 5.69 Å². The van der Waals surface area contributed by atoms with Crippen LogP contribution in [0.3, 0.4) is 0 Å². The lowest BCUT2D eigenvalue weighted by Gasteiger charge is -2.07. The highest BCUT2D eigenvalue weighted by Crippen LogP contribution is 2.18.